The molecule has 2 saturated heterocycles. The number of carbonyl (C=O) groups excluding carboxylic acids is 1. The Morgan fingerprint density at radius 1 is 1.10 bits per heavy atom. The van der Waals surface area contributed by atoms with Gasteiger partial charge in [-0.1, -0.05) is 0 Å². The largest absolute Gasteiger partial charge is 0.465 e. The van der Waals surface area contributed by atoms with Gasteiger partial charge >= 0.3 is 12.3 Å². The van der Waals surface area contributed by atoms with Gasteiger partial charge in [0.25, 0.3) is 0 Å². The number of nitrogens with zero attached hydrogens (tertiary/aromatic N) is 2. The lowest BCUT2D eigenvalue weighted by molar-refractivity contribution is -0.140. The van der Waals surface area contributed by atoms with E-state index in [0.29, 0.717) is 25.0 Å². The number of hydrogen-bond acceptors (Lipinski definition) is 4. The van der Waals surface area contributed by atoms with Crippen molar-refractivity contribution < 1.29 is 40.7 Å². The Kier molecular flexibility index (Phi) is 6.46. The number of sulfonamides is 1. The van der Waals surface area contributed by atoms with E-state index in [0.717, 1.165) is 4.90 Å². The van der Waals surface area contributed by atoms with E-state index in [2.05, 4.69) is 4.72 Å². The molecule has 0 aromatic heterocycles. The molecule has 0 unspecified atom stereocenters. The van der Waals surface area contributed by atoms with Crippen LogP contribution in [0.15, 0.2) is 23.1 Å². The quantitative estimate of drug-likeness (QED) is 0.661. The van der Waals surface area contributed by atoms with Gasteiger partial charge in [-0.25, -0.2) is 22.3 Å². The monoisotopic (exact) mass is 467 g/mol. The summed E-state index contributed by atoms with van der Waals surface area (Å²) in [6.45, 7) is 0.526. The van der Waals surface area contributed by atoms with Crippen molar-refractivity contribution in [2.75, 3.05) is 19.6 Å². The van der Waals surface area contributed by atoms with E-state index in [9.17, 15) is 40.7 Å². The molecule has 31 heavy (non-hydrogen) atoms. The van der Waals surface area contributed by atoms with Gasteiger partial charge in [0.15, 0.2) is 0 Å². The van der Waals surface area contributed by atoms with Crippen molar-refractivity contribution in [2.45, 2.75) is 48.8 Å². The highest BCUT2D eigenvalue weighted by atomic mass is 32.2. The summed E-state index contributed by atoms with van der Waals surface area (Å²) in [6.07, 6.45) is -4.97. The summed E-state index contributed by atoms with van der Waals surface area (Å²) >= 11 is 0. The van der Waals surface area contributed by atoms with Crippen LogP contribution in [0.25, 0.3) is 0 Å². The molecule has 172 valence electrons. The van der Waals surface area contributed by atoms with Crippen molar-refractivity contribution in [1.82, 2.24) is 14.5 Å². The predicted molar refractivity (Wildman–Crippen MR) is 99.1 cm³/mol. The lowest BCUT2D eigenvalue weighted by Crippen LogP contribution is -2.52. The van der Waals surface area contributed by atoms with Gasteiger partial charge in [-0.3, -0.25) is 9.69 Å². The number of alkyl halides is 3. The Morgan fingerprint density at radius 2 is 1.74 bits per heavy atom. The molecule has 2 amide bonds. The molecule has 0 saturated carbocycles. The summed E-state index contributed by atoms with van der Waals surface area (Å²) in [7, 11) is -4.59. The van der Waals surface area contributed by atoms with Crippen LogP contribution in [0, 0.1) is 5.82 Å². The maximum atomic E-state index is 13.3. The summed E-state index contributed by atoms with van der Waals surface area (Å²) < 4.78 is 80.0. The van der Waals surface area contributed by atoms with E-state index in [1.807, 2.05) is 0 Å². The average molecular weight is 467 g/mol. The molecule has 1 aromatic rings. The number of amides is 2. The molecular weight excluding hydrogens is 446 g/mol. The zero-order chi connectivity index (χ0) is 23.0. The molecule has 0 radical (unpaired) electrons. The molecule has 2 aliphatic rings. The van der Waals surface area contributed by atoms with E-state index in [1.54, 1.807) is 0 Å². The van der Waals surface area contributed by atoms with Crippen LogP contribution in [-0.4, -0.2) is 67.0 Å². The van der Waals surface area contributed by atoms with Gasteiger partial charge in [0, 0.05) is 25.7 Å². The van der Waals surface area contributed by atoms with Gasteiger partial charge < -0.3 is 10.0 Å². The predicted octanol–water partition coefficient (Wildman–Crippen LogP) is 2.26. The van der Waals surface area contributed by atoms with Crippen molar-refractivity contribution in [3.8, 4) is 0 Å². The van der Waals surface area contributed by atoms with Gasteiger partial charge in [0.2, 0.25) is 15.9 Å². The third-order valence-corrected chi connectivity index (χ3v) is 7.03. The maximum Gasteiger partial charge on any atom is 0.417 e. The van der Waals surface area contributed by atoms with Crippen LogP contribution in [0.5, 0.6) is 0 Å². The third kappa shape index (κ3) is 5.09. The van der Waals surface area contributed by atoms with E-state index < -0.39 is 50.7 Å². The van der Waals surface area contributed by atoms with E-state index >= 15 is 0 Å². The number of piperidine rings is 1. The molecule has 2 heterocycles. The smallest absolute Gasteiger partial charge is 0.417 e. The number of nitrogens with one attached hydrogen (secondary N) is 1. The maximum absolute atomic E-state index is 13.3. The van der Waals surface area contributed by atoms with Gasteiger partial charge in [-0.05, 0) is 43.9 Å². The SMILES string of the molecule is O=C([C@@H]1CCCN1C(=O)O)N1CCC(NS(=O)(=O)c2ccc(F)cc2C(F)(F)F)CC1. The molecule has 0 bridgehead atoms. The van der Waals surface area contributed by atoms with E-state index in [-0.39, 0.29) is 44.4 Å². The topological polar surface area (TPSA) is 107 Å². The minimum atomic E-state index is -5.06. The molecule has 3 rings (SSSR count). The van der Waals surface area contributed by atoms with Crippen LogP contribution in [0.2, 0.25) is 0 Å². The van der Waals surface area contributed by atoms with Crippen molar-refractivity contribution >= 4 is 22.0 Å². The number of likely N-dealkylation sites (tertiary alicyclic amines) is 2. The first-order chi connectivity index (χ1) is 14.4. The molecule has 8 nitrogen and oxygen atoms in total. The zero-order valence-electron chi connectivity index (χ0n) is 16.2. The van der Waals surface area contributed by atoms with Gasteiger partial charge in [-0.15, -0.1) is 0 Å². The number of rotatable bonds is 4. The molecule has 1 aromatic carbocycles. The van der Waals surface area contributed by atoms with Crippen LogP contribution in [0.3, 0.4) is 0 Å². The number of benzene rings is 1. The Labute approximate surface area is 175 Å². The number of halogens is 4. The first-order valence-electron chi connectivity index (χ1n) is 9.57. The summed E-state index contributed by atoms with van der Waals surface area (Å²) in [4.78, 5) is 25.3. The second kappa shape index (κ2) is 8.61. The minimum absolute atomic E-state index is 0.130. The molecular formula is C18H21F4N3O5S. The summed E-state index contributed by atoms with van der Waals surface area (Å²) in [6, 6.07) is -0.162. The highest BCUT2D eigenvalue weighted by Gasteiger charge is 2.40. The first kappa shape index (κ1) is 23.3. The molecule has 1 atom stereocenters. The Balaban J connectivity index is 1.66. The Bertz CT molecular complexity index is 961. The van der Waals surface area contributed by atoms with Crippen LogP contribution >= 0.6 is 0 Å². The number of hydrogen-bond donors (Lipinski definition) is 2. The second-order valence-electron chi connectivity index (χ2n) is 7.49. The minimum Gasteiger partial charge on any atom is -0.465 e. The molecule has 2 fully saturated rings. The van der Waals surface area contributed by atoms with Crippen LogP contribution < -0.4 is 4.72 Å². The van der Waals surface area contributed by atoms with Crippen LogP contribution in [0.4, 0.5) is 22.4 Å². The van der Waals surface area contributed by atoms with Gasteiger partial charge in [0.05, 0.1) is 10.5 Å². The van der Waals surface area contributed by atoms with Crippen LogP contribution in [0.1, 0.15) is 31.2 Å². The highest BCUT2D eigenvalue weighted by Crippen LogP contribution is 2.35. The fourth-order valence-corrected chi connectivity index (χ4v) is 5.43. The highest BCUT2D eigenvalue weighted by molar-refractivity contribution is 7.89. The van der Waals surface area contributed by atoms with Gasteiger partial charge in [0.1, 0.15) is 11.9 Å². The van der Waals surface area contributed by atoms with Gasteiger partial charge in [-0.2, -0.15) is 13.2 Å². The lowest BCUT2D eigenvalue weighted by Gasteiger charge is -2.35. The summed E-state index contributed by atoms with van der Waals surface area (Å²) in [5.74, 6) is -1.57. The van der Waals surface area contributed by atoms with E-state index in [1.165, 1.54) is 4.90 Å². The molecule has 0 spiro atoms. The van der Waals surface area contributed by atoms with Crippen molar-refractivity contribution in [1.29, 1.82) is 0 Å². The first-order valence-corrected chi connectivity index (χ1v) is 11.1. The Hall–Kier alpha value is -2.41. The molecule has 0 aliphatic carbocycles. The Morgan fingerprint density at radius 3 is 2.32 bits per heavy atom. The molecule has 13 heteroatoms. The average Bonchev–Trinajstić information content (AvgIpc) is 3.17. The fraction of sp³-hybridized carbons (Fsp3) is 0.556. The summed E-state index contributed by atoms with van der Waals surface area (Å²) in [5, 5.41) is 9.18. The second-order valence-corrected chi connectivity index (χ2v) is 9.18. The van der Waals surface area contributed by atoms with Crippen molar-refractivity contribution in [3.63, 3.8) is 0 Å². The molecule has 2 N–H and O–H groups in total. The normalized spacial score (nSPS) is 20.8. The van der Waals surface area contributed by atoms with E-state index in [4.69, 9.17) is 0 Å². The van der Waals surface area contributed by atoms with Crippen molar-refractivity contribution in [2.24, 2.45) is 0 Å². The lowest BCUT2D eigenvalue weighted by atomic mass is 10.0. The molecule has 2 aliphatic heterocycles. The standard InChI is InChI=1S/C18H21F4N3O5S/c19-11-3-4-15(13(10-11)18(20,21)22)31(29,30)23-12-5-8-24(9-6-12)16(26)14-2-1-7-25(14)17(27)28/h3-4,10,12,14,23H,1-2,5-9H2,(H,27,28)/t14-/m0/s1. The number of carboxylic acid groups (broad SMARTS) is 1. The third-order valence-electron chi connectivity index (χ3n) is 5.45. The van der Waals surface area contributed by atoms with Crippen LogP contribution in [-0.2, 0) is 21.0 Å². The zero-order valence-corrected chi connectivity index (χ0v) is 17.0. The fourth-order valence-electron chi connectivity index (χ4n) is 3.92. The number of carbonyl (C=O) groups is 2. The summed E-state index contributed by atoms with van der Waals surface area (Å²) in [5.41, 5.74) is -1.59. The van der Waals surface area contributed by atoms with Crippen molar-refractivity contribution in [3.05, 3.63) is 29.6 Å².